The molecule has 0 unspecified atom stereocenters. The van der Waals surface area contributed by atoms with Crippen LogP contribution in [0, 0.1) is 0 Å². The number of hydrogen-bond acceptors (Lipinski definition) is 3. The molecular formula is HBNa4O3. The first-order valence-electron chi connectivity index (χ1n) is 0.707. The van der Waals surface area contributed by atoms with E-state index in [1.54, 1.807) is 0 Å². The van der Waals surface area contributed by atoms with E-state index in [9.17, 15) is 0 Å². The van der Waals surface area contributed by atoms with Crippen molar-refractivity contribution in [1.82, 2.24) is 0 Å². The molecule has 8 heteroatoms. The van der Waals surface area contributed by atoms with Gasteiger partial charge >= 0.3 is 118 Å². The third kappa shape index (κ3) is 51.1. The predicted molar refractivity (Wildman–Crippen MR) is 12.9 cm³/mol. The molecule has 0 aromatic carbocycles. The summed E-state index contributed by atoms with van der Waals surface area (Å²) in [5.41, 5.74) is 0. The maximum Gasteiger partial charge on any atom is -0.278 e. The SMILES string of the molecule is [Na+].[Na+].[Na+].[NaH].[O-]B([O-])[O-]. The van der Waals surface area contributed by atoms with Gasteiger partial charge in [0, 0.05) is 0 Å². The Labute approximate surface area is 137 Å². The molecule has 0 aliphatic carbocycles. The zero-order valence-electron chi connectivity index (χ0n) is 4.80. The first-order valence-corrected chi connectivity index (χ1v) is 0.707. The minimum absolute atomic E-state index is 0. The van der Waals surface area contributed by atoms with Crippen molar-refractivity contribution in [3.05, 3.63) is 0 Å². The van der Waals surface area contributed by atoms with Crippen LogP contribution in [0.1, 0.15) is 0 Å². The summed E-state index contributed by atoms with van der Waals surface area (Å²) < 4.78 is 0. The van der Waals surface area contributed by atoms with Gasteiger partial charge < -0.3 is 15.1 Å². The molecular weight excluding hydrogens is 151 g/mol. The van der Waals surface area contributed by atoms with Crippen LogP contribution < -0.4 is 104 Å². The van der Waals surface area contributed by atoms with E-state index < -0.39 is 7.32 Å². The second-order valence-electron chi connectivity index (χ2n) is 0.289. The van der Waals surface area contributed by atoms with Crippen LogP contribution in [-0.4, -0.2) is 36.9 Å². The molecule has 0 aromatic heterocycles. The molecule has 0 aliphatic heterocycles. The van der Waals surface area contributed by atoms with Crippen molar-refractivity contribution >= 4 is 36.9 Å². The van der Waals surface area contributed by atoms with Crippen LogP contribution in [0.15, 0.2) is 0 Å². The molecule has 0 spiro atoms. The average Bonchev–Trinajstić information content (AvgIpc) is 0.811. The van der Waals surface area contributed by atoms with Crippen LogP contribution >= 0.6 is 0 Å². The van der Waals surface area contributed by atoms with Crippen LogP contribution in [0.3, 0.4) is 0 Å². The molecule has 26 valence electrons. The van der Waals surface area contributed by atoms with E-state index in [2.05, 4.69) is 0 Å². The van der Waals surface area contributed by atoms with E-state index in [1.165, 1.54) is 0 Å². The summed E-state index contributed by atoms with van der Waals surface area (Å²) in [7, 11) is -2.92. The summed E-state index contributed by atoms with van der Waals surface area (Å²) in [6.07, 6.45) is 0. The predicted octanol–water partition coefficient (Wildman–Crippen LogP) is -13.6. The van der Waals surface area contributed by atoms with Gasteiger partial charge in [0.25, 0.3) is 0 Å². The molecule has 0 aliphatic rings. The van der Waals surface area contributed by atoms with Crippen molar-refractivity contribution in [1.29, 1.82) is 0 Å². The number of hydrogen-bond donors (Lipinski definition) is 0. The van der Waals surface area contributed by atoms with Crippen LogP contribution in [0.5, 0.6) is 0 Å². The third-order valence-electron chi connectivity index (χ3n) is 0. The molecule has 0 saturated heterocycles. The Hall–Kier alpha value is 3.94. The Morgan fingerprint density at radius 2 is 0.750 bits per heavy atom. The second-order valence-corrected chi connectivity index (χ2v) is 0.289. The molecule has 8 heavy (non-hydrogen) atoms. The molecule has 0 N–H and O–H groups in total. The molecule has 3 nitrogen and oxygen atoms in total. The Morgan fingerprint density at radius 3 is 0.750 bits per heavy atom. The smallest absolute Gasteiger partial charge is 0.278 e. The number of rotatable bonds is 0. The van der Waals surface area contributed by atoms with Crippen molar-refractivity contribution in [2.75, 3.05) is 0 Å². The van der Waals surface area contributed by atoms with E-state index in [0.29, 0.717) is 0 Å². The summed E-state index contributed by atoms with van der Waals surface area (Å²) in [6, 6.07) is 0. The normalized spacial score (nSPS) is 3.38. The van der Waals surface area contributed by atoms with Gasteiger partial charge in [-0.1, -0.05) is 0 Å². The van der Waals surface area contributed by atoms with E-state index in [0.717, 1.165) is 0 Å². The zero-order valence-corrected chi connectivity index (χ0v) is 10.8. The fourth-order valence-corrected chi connectivity index (χ4v) is 0. The first-order chi connectivity index (χ1) is 1.73. The minimum Gasteiger partial charge on any atom is -0.907 e. The van der Waals surface area contributed by atoms with Crippen molar-refractivity contribution in [3.63, 3.8) is 0 Å². The van der Waals surface area contributed by atoms with Crippen LogP contribution in [0.25, 0.3) is 0 Å². The van der Waals surface area contributed by atoms with Gasteiger partial charge in [-0.05, 0) is 0 Å². The molecule has 0 rings (SSSR count). The van der Waals surface area contributed by atoms with Gasteiger partial charge in [0.1, 0.15) is 0 Å². The third-order valence-corrected chi connectivity index (χ3v) is 0. The van der Waals surface area contributed by atoms with Crippen LogP contribution in [0.2, 0.25) is 0 Å². The molecule has 0 fully saturated rings. The molecule has 0 atom stereocenters. The van der Waals surface area contributed by atoms with Crippen molar-refractivity contribution < 1.29 is 104 Å². The molecule has 0 bridgehead atoms. The summed E-state index contributed by atoms with van der Waals surface area (Å²) in [5.74, 6) is 0. The maximum atomic E-state index is 8.42. The fraction of sp³-hybridized carbons (Fsp3) is 0. The van der Waals surface area contributed by atoms with E-state index in [-0.39, 0.29) is 118 Å². The van der Waals surface area contributed by atoms with Gasteiger partial charge in [-0.2, -0.15) is 0 Å². The molecule has 0 radical (unpaired) electrons. The van der Waals surface area contributed by atoms with E-state index >= 15 is 0 Å². The van der Waals surface area contributed by atoms with Gasteiger partial charge in [0.05, 0.1) is 0 Å². The largest absolute Gasteiger partial charge is 0.907 e. The van der Waals surface area contributed by atoms with Crippen molar-refractivity contribution in [2.24, 2.45) is 0 Å². The maximum absolute atomic E-state index is 8.42. The Balaban J connectivity index is -0.00000000750. The van der Waals surface area contributed by atoms with Gasteiger partial charge in [0.15, 0.2) is 0 Å². The Bertz CT molecular complexity index is 16.0. The fourth-order valence-electron chi connectivity index (χ4n) is 0. The first kappa shape index (κ1) is 29.7. The van der Waals surface area contributed by atoms with Crippen LogP contribution in [0.4, 0.5) is 0 Å². The molecule has 0 amide bonds. The van der Waals surface area contributed by atoms with Crippen molar-refractivity contribution in [3.8, 4) is 0 Å². The van der Waals surface area contributed by atoms with Gasteiger partial charge in [-0.3, -0.25) is 7.32 Å². The van der Waals surface area contributed by atoms with Gasteiger partial charge in [0.2, 0.25) is 0 Å². The van der Waals surface area contributed by atoms with E-state index in [4.69, 9.17) is 15.1 Å². The second kappa shape index (κ2) is 22.4. The quantitative estimate of drug-likeness (QED) is 0.323. The van der Waals surface area contributed by atoms with Crippen molar-refractivity contribution in [2.45, 2.75) is 0 Å². The van der Waals surface area contributed by atoms with Gasteiger partial charge in [-0.25, -0.2) is 0 Å². The minimum atomic E-state index is -2.92. The molecule has 0 aromatic rings. The van der Waals surface area contributed by atoms with Crippen LogP contribution in [-0.2, 0) is 0 Å². The summed E-state index contributed by atoms with van der Waals surface area (Å²) in [5, 5.41) is 25.2. The summed E-state index contributed by atoms with van der Waals surface area (Å²) in [4.78, 5) is 0. The standard InChI is InChI=1S/BO3.4Na.H/c2-1(3)4;;;;;/q-3;;3*+1;. The van der Waals surface area contributed by atoms with E-state index in [1.807, 2.05) is 0 Å². The Kier molecular flexibility index (Phi) is 83.2. The average molecular weight is 152 g/mol. The summed E-state index contributed by atoms with van der Waals surface area (Å²) in [6.45, 7) is 0. The Morgan fingerprint density at radius 1 is 0.750 bits per heavy atom. The molecule has 0 heterocycles. The monoisotopic (exact) mass is 152 g/mol. The zero-order chi connectivity index (χ0) is 3.58. The molecule has 0 saturated carbocycles. The topological polar surface area (TPSA) is 69.2 Å². The summed E-state index contributed by atoms with van der Waals surface area (Å²) >= 11 is 0. The van der Waals surface area contributed by atoms with Gasteiger partial charge in [-0.15, -0.1) is 0 Å².